The van der Waals surface area contributed by atoms with Crippen molar-refractivity contribution in [2.75, 3.05) is 39.8 Å². The Balaban J connectivity index is 1.72. The van der Waals surface area contributed by atoms with Crippen LogP contribution in [0.2, 0.25) is 0 Å². The van der Waals surface area contributed by atoms with Gasteiger partial charge in [0.2, 0.25) is 0 Å². The minimum absolute atomic E-state index is 0.721. The lowest BCUT2D eigenvalue weighted by Crippen LogP contribution is -2.46. The van der Waals surface area contributed by atoms with E-state index in [-0.39, 0.29) is 0 Å². The minimum Gasteiger partial charge on any atom is -0.314 e. The molecule has 2 heterocycles. The highest BCUT2D eigenvalue weighted by Crippen LogP contribution is 2.21. The summed E-state index contributed by atoms with van der Waals surface area (Å²) in [5.74, 6) is 0.912. The lowest BCUT2D eigenvalue weighted by molar-refractivity contribution is 0.109. The number of hydrogen-bond acceptors (Lipinski definition) is 3. The normalized spacial score (nSPS) is 32.0. The van der Waals surface area contributed by atoms with Gasteiger partial charge in [-0.05, 0) is 71.8 Å². The molecule has 0 radical (unpaired) electrons. The maximum atomic E-state index is 3.55. The van der Waals surface area contributed by atoms with Gasteiger partial charge in [-0.3, -0.25) is 0 Å². The summed E-state index contributed by atoms with van der Waals surface area (Å²) in [6, 6.07) is 1.55. The molecule has 0 aromatic rings. The third kappa shape index (κ3) is 3.94. The average molecular weight is 253 g/mol. The second kappa shape index (κ2) is 6.88. The second-order valence-electron chi connectivity index (χ2n) is 6.35. The Kier molecular flexibility index (Phi) is 5.46. The third-order valence-electron chi connectivity index (χ3n) is 4.91. The molecule has 3 heteroatoms. The van der Waals surface area contributed by atoms with Crippen molar-refractivity contribution in [1.82, 2.24) is 15.1 Å². The first-order valence-electron chi connectivity index (χ1n) is 7.85. The molecule has 106 valence electrons. The molecule has 0 saturated carbocycles. The zero-order valence-corrected chi connectivity index (χ0v) is 12.5. The Bertz CT molecular complexity index is 236. The van der Waals surface area contributed by atoms with Gasteiger partial charge in [-0.2, -0.15) is 0 Å². The van der Waals surface area contributed by atoms with Crippen LogP contribution in [-0.4, -0.2) is 61.7 Å². The monoisotopic (exact) mass is 253 g/mol. The van der Waals surface area contributed by atoms with Crippen molar-refractivity contribution in [3.05, 3.63) is 0 Å². The summed E-state index contributed by atoms with van der Waals surface area (Å²) >= 11 is 0. The van der Waals surface area contributed by atoms with Crippen LogP contribution < -0.4 is 5.32 Å². The van der Waals surface area contributed by atoms with E-state index < -0.39 is 0 Å². The van der Waals surface area contributed by atoms with E-state index in [0.29, 0.717) is 0 Å². The van der Waals surface area contributed by atoms with Gasteiger partial charge in [0.05, 0.1) is 0 Å². The molecule has 1 N–H and O–H groups in total. The smallest absolute Gasteiger partial charge is 0.0117 e. The van der Waals surface area contributed by atoms with Crippen LogP contribution in [0.5, 0.6) is 0 Å². The minimum atomic E-state index is 0.721. The van der Waals surface area contributed by atoms with Crippen molar-refractivity contribution in [2.24, 2.45) is 5.92 Å². The van der Waals surface area contributed by atoms with Crippen LogP contribution in [0, 0.1) is 5.92 Å². The molecule has 2 unspecified atom stereocenters. The molecule has 0 bridgehead atoms. The molecule has 2 aliphatic rings. The number of hydrogen-bond donors (Lipinski definition) is 1. The van der Waals surface area contributed by atoms with Crippen molar-refractivity contribution in [2.45, 2.75) is 51.6 Å². The molecule has 2 rings (SSSR count). The van der Waals surface area contributed by atoms with Gasteiger partial charge in [0.15, 0.2) is 0 Å². The molecule has 0 spiro atoms. The van der Waals surface area contributed by atoms with E-state index in [4.69, 9.17) is 0 Å². The van der Waals surface area contributed by atoms with Gasteiger partial charge in [0, 0.05) is 18.6 Å². The summed E-state index contributed by atoms with van der Waals surface area (Å²) in [5, 5.41) is 3.55. The molecule has 0 aromatic heterocycles. The van der Waals surface area contributed by atoms with Gasteiger partial charge < -0.3 is 15.1 Å². The number of piperidine rings is 2. The largest absolute Gasteiger partial charge is 0.314 e. The molecule has 0 aliphatic carbocycles. The van der Waals surface area contributed by atoms with E-state index in [1.807, 2.05) is 0 Å². The zero-order chi connectivity index (χ0) is 13.0. The van der Waals surface area contributed by atoms with Crippen LogP contribution in [0.4, 0.5) is 0 Å². The maximum absolute atomic E-state index is 3.55. The molecule has 2 aliphatic heterocycles. The van der Waals surface area contributed by atoms with E-state index >= 15 is 0 Å². The standard InChI is InChI=1S/C15H31N3/c1-4-18-9-6-15(7-10-18)17(3)12-14-5-8-16-13(2)11-14/h13-16H,4-12H2,1-3H3. The predicted molar refractivity (Wildman–Crippen MR) is 78.0 cm³/mol. The van der Waals surface area contributed by atoms with Crippen molar-refractivity contribution in [3.63, 3.8) is 0 Å². The van der Waals surface area contributed by atoms with Crippen molar-refractivity contribution >= 4 is 0 Å². The number of nitrogens with zero attached hydrogens (tertiary/aromatic N) is 2. The lowest BCUT2D eigenvalue weighted by Gasteiger charge is -2.39. The molecule has 0 amide bonds. The molecular weight excluding hydrogens is 222 g/mol. The van der Waals surface area contributed by atoms with Gasteiger partial charge in [-0.25, -0.2) is 0 Å². The summed E-state index contributed by atoms with van der Waals surface area (Å²) in [7, 11) is 2.35. The van der Waals surface area contributed by atoms with Gasteiger partial charge >= 0.3 is 0 Å². The molecule has 0 aromatic carbocycles. The van der Waals surface area contributed by atoms with Crippen molar-refractivity contribution < 1.29 is 0 Å². The number of rotatable bonds is 4. The van der Waals surface area contributed by atoms with E-state index in [1.165, 1.54) is 58.4 Å². The van der Waals surface area contributed by atoms with Crippen LogP contribution in [0.25, 0.3) is 0 Å². The lowest BCUT2D eigenvalue weighted by atomic mass is 9.92. The van der Waals surface area contributed by atoms with Crippen LogP contribution >= 0.6 is 0 Å². The first-order chi connectivity index (χ1) is 8.69. The second-order valence-corrected chi connectivity index (χ2v) is 6.35. The highest BCUT2D eigenvalue weighted by molar-refractivity contribution is 4.82. The zero-order valence-electron chi connectivity index (χ0n) is 12.5. The molecule has 2 fully saturated rings. The van der Waals surface area contributed by atoms with Crippen LogP contribution in [0.15, 0.2) is 0 Å². The van der Waals surface area contributed by atoms with E-state index in [0.717, 1.165) is 18.0 Å². The summed E-state index contributed by atoms with van der Waals surface area (Å²) in [4.78, 5) is 5.23. The molecular formula is C15H31N3. The number of likely N-dealkylation sites (tertiary alicyclic amines) is 1. The summed E-state index contributed by atoms with van der Waals surface area (Å²) in [6.45, 7) is 11.0. The van der Waals surface area contributed by atoms with Crippen LogP contribution in [0.3, 0.4) is 0 Å². The third-order valence-corrected chi connectivity index (χ3v) is 4.91. The van der Waals surface area contributed by atoms with Gasteiger partial charge in [-0.15, -0.1) is 0 Å². The molecule has 2 saturated heterocycles. The van der Waals surface area contributed by atoms with E-state index in [2.05, 4.69) is 36.0 Å². The quantitative estimate of drug-likeness (QED) is 0.824. The Labute approximate surface area is 113 Å². The highest BCUT2D eigenvalue weighted by Gasteiger charge is 2.25. The fourth-order valence-corrected chi connectivity index (χ4v) is 3.63. The SMILES string of the molecule is CCN1CCC(N(C)CC2CCNC(C)C2)CC1. The van der Waals surface area contributed by atoms with Gasteiger partial charge in [0.25, 0.3) is 0 Å². The number of nitrogens with one attached hydrogen (secondary N) is 1. The first-order valence-corrected chi connectivity index (χ1v) is 7.85. The Morgan fingerprint density at radius 3 is 2.56 bits per heavy atom. The van der Waals surface area contributed by atoms with Crippen LogP contribution in [-0.2, 0) is 0 Å². The maximum Gasteiger partial charge on any atom is 0.0117 e. The predicted octanol–water partition coefficient (Wildman–Crippen LogP) is 1.79. The van der Waals surface area contributed by atoms with Gasteiger partial charge in [-0.1, -0.05) is 6.92 Å². The average Bonchev–Trinajstić information content (AvgIpc) is 2.39. The Morgan fingerprint density at radius 2 is 1.94 bits per heavy atom. The topological polar surface area (TPSA) is 18.5 Å². The molecule has 2 atom stereocenters. The van der Waals surface area contributed by atoms with E-state index in [1.54, 1.807) is 0 Å². The highest BCUT2D eigenvalue weighted by atomic mass is 15.2. The fraction of sp³-hybridized carbons (Fsp3) is 1.00. The summed E-state index contributed by atoms with van der Waals surface area (Å²) in [6.07, 6.45) is 5.45. The van der Waals surface area contributed by atoms with Gasteiger partial charge in [0.1, 0.15) is 0 Å². The first kappa shape index (κ1) is 14.3. The van der Waals surface area contributed by atoms with Crippen LogP contribution in [0.1, 0.15) is 39.5 Å². The molecule has 18 heavy (non-hydrogen) atoms. The Morgan fingerprint density at radius 1 is 1.22 bits per heavy atom. The molecule has 3 nitrogen and oxygen atoms in total. The van der Waals surface area contributed by atoms with Crippen molar-refractivity contribution in [1.29, 1.82) is 0 Å². The summed E-state index contributed by atoms with van der Waals surface area (Å²) in [5.41, 5.74) is 0. The Hall–Kier alpha value is -0.120. The van der Waals surface area contributed by atoms with Crippen molar-refractivity contribution in [3.8, 4) is 0 Å². The summed E-state index contributed by atoms with van der Waals surface area (Å²) < 4.78 is 0. The van der Waals surface area contributed by atoms with E-state index in [9.17, 15) is 0 Å². The fourth-order valence-electron chi connectivity index (χ4n) is 3.63.